The lowest BCUT2D eigenvalue weighted by molar-refractivity contribution is 0.402. The second kappa shape index (κ2) is 5.32. The molecule has 0 radical (unpaired) electrons. The van der Waals surface area contributed by atoms with Gasteiger partial charge in [0, 0.05) is 0 Å². The van der Waals surface area contributed by atoms with Crippen molar-refractivity contribution in [1.82, 2.24) is 0 Å². The average Bonchev–Trinajstić information content (AvgIpc) is 2.26. The average molecular weight is 243 g/mol. The minimum absolute atomic E-state index is 0.0588. The highest BCUT2D eigenvalue weighted by Crippen LogP contribution is 2.25. The van der Waals surface area contributed by atoms with Crippen LogP contribution in [0.3, 0.4) is 0 Å². The smallest absolute Gasteiger partial charge is 0.182 e. The summed E-state index contributed by atoms with van der Waals surface area (Å²) in [6.45, 7) is 2.22. The Labute approximate surface area is 96.3 Å². The van der Waals surface area contributed by atoms with Crippen LogP contribution in [0, 0.1) is 6.92 Å². The van der Waals surface area contributed by atoms with Gasteiger partial charge in [0.25, 0.3) is 0 Å². The van der Waals surface area contributed by atoms with Gasteiger partial charge in [0.1, 0.15) is 10.6 Å². The maximum absolute atomic E-state index is 12.0. The molecule has 1 rings (SSSR count). The van der Waals surface area contributed by atoms with Gasteiger partial charge in [0.15, 0.2) is 9.84 Å². The summed E-state index contributed by atoms with van der Waals surface area (Å²) in [6, 6.07) is 5.12. The summed E-state index contributed by atoms with van der Waals surface area (Å²) in [7, 11) is -1.83. The number of hydrogen-bond acceptors (Lipinski definition) is 4. The van der Waals surface area contributed by atoms with Crippen molar-refractivity contribution in [1.29, 1.82) is 0 Å². The Bertz CT molecular complexity index is 454. The summed E-state index contributed by atoms with van der Waals surface area (Å²) < 4.78 is 29.0. The Hall–Kier alpha value is -1.07. The SMILES string of the molecule is COc1ccc(C)cc1S(=O)(=O)CCCN. The summed E-state index contributed by atoms with van der Waals surface area (Å²) in [5, 5.41) is 0. The van der Waals surface area contributed by atoms with Crippen molar-refractivity contribution in [3.63, 3.8) is 0 Å². The van der Waals surface area contributed by atoms with Crippen LogP contribution < -0.4 is 10.5 Å². The number of hydrogen-bond donors (Lipinski definition) is 1. The van der Waals surface area contributed by atoms with Crippen LogP contribution in [0.1, 0.15) is 12.0 Å². The van der Waals surface area contributed by atoms with E-state index in [0.717, 1.165) is 5.56 Å². The van der Waals surface area contributed by atoms with E-state index in [-0.39, 0.29) is 10.6 Å². The summed E-state index contributed by atoms with van der Waals surface area (Å²) >= 11 is 0. The van der Waals surface area contributed by atoms with E-state index in [1.165, 1.54) is 7.11 Å². The molecule has 90 valence electrons. The van der Waals surface area contributed by atoms with E-state index < -0.39 is 9.84 Å². The number of sulfone groups is 1. The summed E-state index contributed by atoms with van der Waals surface area (Å²) in [5.41, 5.74) is 6.21. The fourth-order valence-electron chi connectivity index (χ4n) is 1.41. The van der Waals surface area contributed by atoms with Crippen molar-refractivity contribution in [3.05, 3.63) is 23.8 Å². The van der Waals surface area contributed by atoms with Crippen LogP contribution in [0.25, 0.3) is 0 Å². The van der Waals surface area contributed by atoms with E-state index in [0.29, 0.717) is 18.7 Å². The number of nitrogens with two attached hydrogens (primary N) is 1. The highest BCUT2D eigenvalue weighted by atomic mass is 32.2. The zero-order valence-electron chi connectivity index (χ0n) is 9.56. The molecule has 1 aromatic rings. The third kappa shape index (κ3) is 2.96. The lowest BCUT2D eigenvalue weighted by atomic mass is 10.2. The van der Waals surface area contributed by atoms with Crippen LogP contribution in [-0.2, 0) is 9.84 Å². The first kappa shape index (κ1) is 13.0. The maximum Gasteiger partial charge on any atom is 0.182 e. The van der Waals surface area contributed by atoms with Crippen molar-refractivity contribution in [3.8, 4) is 5.75 Å². The molecule has 0 saturated carbocycles. The molecule has 0 bridgehead atoms. The molecule has 0 atom stereocenters. The van der Waals surface area contributed by atoms with Gasteiger partial charge in [-0.3, -0.25) is 0 Å². The Morgan fingerprint density at radius 2 is 2.06 bits per heavy atom. The van der Waals surface area contributed by atoms with E-state index in [2.05, 4.69) is 0 Å². The standard InChI is InChI=1S/C11H17NO3S/c1-9-4-5-10(15-2)11(8-9)16(13,14)7-3-6-12/h4-5,8H,3,6-7,12H2,1-2H3. The van der Waals surface area contributed by atoms with Crippen LogP contribution in [0.15, 0.2) is 23.1 Å². The molecule has 0 spiro atoms. The second-order valence-electron chi connectivity index (χ2n) is 3.62. The molecular weight excluding hydrogens is 226 g/mol. The van der Waals surface area contributed by atoms with Crippen molar-refractivity contribution in [2.75, 3.05) is 19.4 Å². The number of methoxy groups -OCH3 is 1. The molecule has 0 aliphatic rings. The molecular formula is C11H17NO3S. The number of ether oxygens (including phenoxy) is 1. The van der Waals surface area contributed by atoms with Gasteiger partial charge < -0.3 is 10.5 Å². The quantitative estimate of drug-likeness (QED) is 0.841. The summed E-state index contributed by atoms with van der Waals surface area (Å²) in [5.74, 6) is 0.450. The number of benzene rings is 1. The largest absolute Gasteiger partial charge is 0.495 e. The predicted molar refractivity (Wildman–Crippen MR) is 63.5 cm³/mol. The van der Waals surface area contributed by atoms with Crippen molar-refractivity contribution in [2.45, 2.75) is 18.2 Å². The van der Waals surface area contributed by atoms with Crippen LogP contribution in [0.2, 0.25) is 0 Å². The molecule has 0 fully saturated rings. The van der Waals surface area contributed by atoms with E-state index in [4.69, 9.17) is 10.5 Å². The zero-order valence-corrected chi connectivity index (χ0v) is 10.4. The molecule has 1 aromatic carbocycles. The Morgan fingerprint density at radius 3 is 2.62 bits per heavy atom. The topological polar surface area (TPSA) is 69.4 Å². The van der Waals surface area contributed by atoms with Gasteiger partial charge in [-0.2, -0.15) is 0 Å². The third-order valence-corrected chi connectivity index (χ3v) is 4.09. The lowest BCUT2D eigenvalue weighted by Crippen LogP contribution is -2.12. The molecule has 0 unspecified atom stereocenters. The first-order valence-electron chi connectivity index (χ1n) is 5.08. The molecule has 0 heterocycles. The van der Waals surface area contributed by atoms with Crippen LogP contribution >= 0.6 is 0 Å². The maximum atomic E-state index is 12.0. The number of aryl methyl sites for hydroxylation is 1. The Balaban J connectivity index is 3.15. The summed E-state index contributed by atoms with van der Waals surface area (Å²) in [4.78, 5) is 0.253. The highest BCUT2D eigenvalue weighted by Gasteiger charge is 2.18. The van der Waals surface area contributed by atoms with Crippen LogP contribution in [0.4, 0.5) is 0 Å². The normalized spacial score (nSPS) is 11.4. The minimum atomic E-state index is -3.29. The lowest BCUT2D eigenvalue weighted by Gasteiger charge is -2.09. The molecule has 4 nitrogen and oxygen atoms in total. The Morgan fingerprint density at radius 1 is 1.38 bits per heavy atom. The van der Waals surface area contributed by atoms with E-state index in [1.807, 2.05) is 13.0 Å². The van der Waals surface area contributed by atoms with Gasteiger partial charge in [-0.05, 0) is 37.6 Å². The molecule has 2 N–H and O–H groups in total. The van der Waals surface area contributed by atoms with Gasteiger partial charge in [-0.1, -0.05) is 6.07 Å². The molecule has 0 amide bonds. The second-order valence-corrected chi connectivity index (χ2v) is 5.69. The van der Waals surface area contributed by atoms with Gasteiger partial charge in [0.05, 0.1) is 12.9 Å². The molecule has 16 heavy (non-hydrogen) atoms. The van der Waals surface area contributed by atoms with Crippen molar-refractivity contribution < 1.29 is 13.2 Å². The van der Waals surface area contributed by atoms with Gasteiger partial charge in [-0.25, -0.2) is 8.42 Å². The first-order chi connectivity index (χ1) is 7.51. The first-order valence-corrected chi connectivity index (χ1v) is 6.74. The predicted octanol–water partition coefficient (Wildman–Crippen LogP) is 1.13. The third-order valence-electron chi connectivity index (χ3n) is 2.27. The van der Waals surface area contributed by atoms with E-state index in [1.54, 1.807) is 12.1 Å². The molecule has 0 aliphatic carbocycles. The Kier molecular flexibility index (Phi) is 4.32. The van der Waals surface area contributed by atoms with Crippen molar-refractivity contribution >= 4 is 9.84 Å². The number of rotatable bonds is 5. The van der Waals surface area contributed by atoms with Gasteiger partial charge in [0.2, 0.25) is 0 Å². The zero-order chi connectivity index (χ0) is 12.2. The van der Waals surface area contributed by atoms with Gasteiger partial charge in [-0.15, -0.1) is 0 Å². The molecule has 0 aliphatic heterocycles. The van der Waals surface area contributed by atoms with Crippen molar-refractivity contribution in [2.24, 2.45) is 5.73 Å². The highest BCUT2D eigenvalue weighted by molar-refractivity contribution is 7.91. The fourth-order valence-corrected chi connectivity index (χ4v) is 3.00. The monoisotopic (exact) mass is 243 g/mol. The van der Waals surface area contributed by atoms with E-state index >= 15 is 0 Å². The summed E-state index contributed by atoms with van der Waals surface area (Å²) in [6.07, 6.45) is 0.458. The molecule has 5 heteroatoms. The minimum Gasteiger partial charge on any atom is -0.495 e. The molecule has 0 saturated heterocycles. The molecule has 0 aromatic heterocycles. The van der Waals surface area contributed by atoms with Gasteiger partial charge >= 0.3 is 0 Å². The van der Waals surface area contributed by atoms with Crippen LogP contribution in [-0.4, -0.2) is 27.8 Å². The van der Waals surface area contributed by atoms with E-state index in [9.17, 15) is 8.42 Å². The van der Waals surface area contributed by atoms with Crippen LogP contribution in [0.5, 0.6) is 5.75 Å². The fraction of sp³-hybridized carbons (Fsp3) is 0.455.